The van der Waals surface area contributed by atoms with Gasteiger partial charge in [0.15, 0.2) is 0 Å². The molecule has 0 bridgehead atoms. The first-order chi connectivity index (χ1) is 14.9. The Bertz CT molecular complexity index is 664. The summed E-state index contributed by atoms with van der Waals surface area (Å²) in [5.74, 6) is -3.16. The van der Waals surface area contributed by atoms with Gasteiger partial charge in [0.25, 0.3) is 0 Å². The summed E-state index contributed by atoms with van der Waals surface area (Å²) >= 11 is 5.43. The highest BCUT2D eigenvalue weighted by molar-refractivity contribution is 7.98. The highest BCUT2D eigenvalue weighted by Gasteiger charge is 2.30. The van der Waals surface area contributed by atoms with Crippen LogP contribution in [-0.2, 0) is 24.0 Å². The molecule has 0 radical (unpaired) electrons. The molecule has 8 N–H and O–H groups in total. The van der Waals surface area contributed by atoms with Gasteiger partial charge in [0.2, 0.25) is 23.6 Å². The maximum Gasteiger partial charge on any atom is 0.326 e. The number of amides is 4. The van der Waals surface area contributed by atoms with E-state index in [2.05, 4.69) is 28.6 Å². The van der Waals surface area contributed by atoms with Crippen molar-refractivity contribution in [3.63, 3.8) is 0 Å². The molecule has 0 saturated heterocycles. The number of nitrogens with one attached hydrogen (secondary N) is 3. The van der Waals surface area contributed by atoms with E-state index in [0.29, 0.717) is 12.2 Å². The molecule has 0 aromatic carbocycles. The third-order valence-electron chi connectivity index (χ3n) is 4.41. The van der Waals surface area contributed by atoms with Crippen LogP contribution in [0.1, 0.15) is 39.5 Å². The lowest BCUT2D eigenvalue weighted by Crippen LogP contribution is -2.57. The Morgan fingerprint density at radius 2 is 1.47 bits per heavy atom. The van der Waals surface area contributed by atoms with E-state index < -0.39 is 53.8 Å². The first kappa shape index (κ1) is 30.0. The normalized spacial score (nSPS) is 14.7. The molecule has 11 nitrogen and oxygen atoms in total. The first-order valence-electron chi connectivity index (χ1n) is 10.2. The molecule has 13 heteroatoms. The van der Waals surface area contributed by atoms with Crippen molar-refractivity contribution in [2.45, 2.75) is 63.7 Å². The number of hydrogen-bond donors (Lipinski definition) is 7. The number of carboxylic acids is 1. The van der Waals surface area contributed by atoms with Gasteiger partial charge < -0.3 is 32.5 Å². The van der Waals surface area contributed by atoms with Gasteiger partial charge in [-0.3, -0.25) is 19.2 Å². The third-order valence-corrected chi connectivity index (χ3v) is 5.45. The van der Waals surface area contributed by atoms with Crippen LogP contribution in [0.3, 0.4) is 0 Å². The molecule has 0 aliphatic rings. The van der Waals surface area contributed by atoms with Gasteiger partial charge in [0, 0.05) is 12.2 Å². The predicted octanol–water partition coefficient (Wildman–Crippen LogP) is -1.15. The second kappa shape index (κ2) is 15.8. The summed E-state index contributed by atoms with van der Waals surface area (Å²) in [6, 6.07) is -4.18. The van der Waals surface area contributed by atoms with Crippen molar-refractivity contribution < 1.29 is 29.1 Å². The summed E-state index contributed by atoms with van der Waals surface area (Å²) < 4.78 is 0. The number of hydrogen-bond acceptors (Lipinski definition) is 8. The van der Waals surface area contributed by atoms with Crippen molar-refractivity contribution in [3.05, 3.63) is 0 Å². The van der Waals surface area contributed by atoms with Gasteiger partial charge in [-0.15, -0.1) is 0 Å². The first-order valence-corrected chi connectivity index (χ1v) is 12.2. The molecule has 4 amide bonds. The van der Waals surface area contributed by atoms with Crippen LogP contribution in [0.2, 0.25) is 0 Å². The van der Waals surface area contributed by atoms with Crippen LogP contribution in [-0.4, -0.2) is 76.6 Å². The highest BCUT2D eigenvalue weighted by atomic mass is 32.2. The summed E-state index contributed by atoms with van der Waals surface area (Å²) in [7, 11) is 0. The SMILES string of the molecule is CSCCC(NC(=O)C(CC(C)C)NC(=O)C(N)CS)C(=O)NC(CCC(N)=O)C(=O)O. The Morgan fingerprint density at radius 3 is 1.94 bits per heavy atom. The van der Waals surface area contributed by atoms with Crippen LogP contribution in [0, 0.1) is 5.92 Å². The van der Waals surface area contributed by atoms with Crippen molar-refractivity contribution in [2.75, 3.05) is 17.8 Å². The molecule has 0 spiro atoms. The van der Waals surface area contributed by atoms with Crippen molar-refractivity contribution in [1.82, 2.24) is 16.0 Å². The third kappa shape index (κ3) is 12.2. The Hall–Kier alpha value is -1.99. The number of carbonyl (C=O) groups is 5. The lowest BCUT2D eigenvalue weighted by atomic mass is 10.0. The fraction of sp³-hybridized carbons (Fsp3) is 0.737. The molecule has 0 aromatic rings. The maximum atomic E-state index is 12.9. The van der Waals surface area contributed by atoms with E-state index in [4.69, 9.17) is 11.5 Å². The van der Waals surface area contributed by atoms with Crippen molar-refractivity contribution in [1.29, 1.82) is 0 Å². The minimum Gasteiger partial charge on any atom is -0.480 e. The van der Waals surface area contributed by atoms with Gasteiger partial charge in [-0.25, -0.2) is 4.79 Å². The van der Waals surface area contributed by atoms with Gasteiger partial charge >= 0.3 is 5.97 Å². The molecule has 0 fully saturated rings. The minimum absolute atomic E-state index is 0.0574. The Balaban J connectivity index is 5.41. The largest absolute Gasteiger partial charge is 0.480 e. The molecule has 0 aromatic heterocycles. The number of primary amides is 1. The van der Waals surface area contributed by atoms with Gasteiger partial charge in [0.1, 0.15) is 18.1 Å². The van der Waals surface area contributed by atoms with Gasteiger partial charge in [-0.05, 0) is 37.2 Å². The van der Waals surface area contributed by atoms with Crippen LogP contribution in [0.4, 0.5) is 0 Å². The zero-order chi connectivity index (χ0) is 24.8. The molecule has 0 rings (SSSR count). The summed E-state index contributed by atoms with van der Waals surface area (Å²) in [4.78, 5) is 60.2. The van der Waals surface area contributed by atoms with E-state index in [0.717, 1.165) is 0 Å². The van der Waals surface area contributed by atoms with Crippen LogP contribution in [0.15, 0.2) is 0 Å². The molecular weight excluding hydrogens is 458 g/mol. The smallest absolute Gasteiger partial charge is 0.326 e. The lowest BCUT2D eigenvalue weighted by molar-refractivity contribution is -0.142. The van der Waals surface area contributed by atoms with Crippen LogP contribution < -0.4 is 27.4 Å². The van der Waals surface area contributed by atoms with E-state index in [9.17, 15) is 29.1 Å². The van der Waals surface area contributed by atoms with Gasteiger partial charge in [-0.1, -0.05) is 13.8 Å². The molecule has 0 aliphatic carbocycles. The molecule has 32 heavy (non-hydrogen) atoms. The lowest BCUT2D eigenvalue weighted by Gasteiger charge is -2.25. The molecule has 0 heterocycles. The van der Waals surface area contributed by atoms with Crippen LogP contribution in [0.25, 0.3) is 0 Å². The van der Waals surface area contributed by atoms with Crippen LogP contribution >= 0.6 is 24.4 Å². The monoisotopic (exact) mass is 493 g/mol. The second-order valence-electron chi connectivity index (χ2n) is 7.73. The average Bonchev–Trinajstić information content (AvgIpc) is 2.71. The molecule has 4 atom stereocenters. The molecular formula is C19H35N5O6S2. The Labute approximate surface area is 198 Å². The summed E-state index contributed by atoms with van der Waals surface area (Å²) in [5.41, 5.74) is 10.7. The number of thioether (sulfide) groups is 1. The Kier molecular flexibility index (Phi) is 14.8. The number of thiol groups is 1. The van der Waals surface area contributed by atoms with Gasteiger partial charge in [-0.2, -0.15) is 24.4 Å². The predicted molar refractivity (Wildman–Crippen MR) is 126 cm³/mol. The van der Waals surface area contributed by atoms with E-state index >= 15 is 0 Å². The van der Waals surface area contributed by atoms with Crippen molar-refractivity contribution >= 4 is 54.0 Å². The number of carbonyl (C=O) groups excluding carboxylic acids is 4. The average molecular weight is 494 g/mol. The number of nitrogens with two attached hydrogens (primary N) is 2. The standard InChI is InChI=1S/C19H35N5O6S2/c1-10(2)8-14(24-16(26)11(20)9-31)18(28)22-12(6-7-32-3)17(27)23-13(19(29)30)4-5-15(21)25/h10-14,31H,4-9,20H2,1-3H3,(H2,21,25)(H,22,28)(H,23,27)(H,24,26)(H,29,30). The number of carboxylic acid groups (broad SMARTS) is 1. The topological polar surface area (TPSA) is 194 Å². The van der Waals surface area contributed by atoms with E-state index in [-0.39, 0.29) is 30.9 Å². The fourth-order valence-electron chi connectivity index (χ4n) is 2.66. The molecule has 0 saturated carbocycles. The van der Waals surface area contributed by atoms with Gasteiger partial charge in [0.05, 0.1) is 6.04 Å². The zero-order valence-electron chi connectivity index (χ0n) is 18.6. The summed E-state index contributed by atoms with van der Waals surface area (Å²) in [5, 5.41) is 16.8. The number of aliphatic carboxylic acids is 1. The summed E-state index contributed by atoms with van der Waals surface area (Å²) in [6.07, 6.45) is 1.98. The van der Waals surface area contributed by atoms with Crippen LogP contribution in [0.5, 0.6) is 0 Å². The zero-order valence-corrected chi connectivity index (χ0v) is 20.3. The van der Waals surface area contributed by atoms with Crippen molar-refractivity contribution in [3.8, 4) is 0 Å². The number of rotatable bonds is 16. The second-order valence-corrected chi connectivity index (χ2v) is 9.08. The molecule has 184 valence electrons. The van der Waals surface area contributed by atoms with E-state index in [1.807, 2.05) is 20.1 Å². The summed E-state index contributed by atoms with van der Waals surface area (Å²) in [6.45, 7) is 3.75. The maximum absolute atomic E-state index is 12.9. The molecule has 4 unspecified atom stereocenters. The quantitative estimate of drug-likeness (QED) is 0.131. The highest BCUT2D eigenvalue weighted by Crippen LogP contribution is 2.08. The van der Waals surface area contributed by atoms with Crippen molar-refractivity contribution in [2.24, 2.45) is 17.4 Å². The minimum atomic E-state index is -1.33. The van der Waals surface area contributed by atoms with E-state index in [1.165, 1.54) is 11.8 Å². The molecule has 0 aliphatic heterocycles. The fourth-order valence-corrected chi connectivity index (χ4v) is 3.29. The Morgan fingerprint density at radius 1 is 0.938 bits per heavy atom. The van der Waals surface area contributed by atoms with E-state index in [1.54, 1.807) is 0 Å².